The van der Waals surface area contributed by atoms with Crippen molar-refractivity contribution in [2.24, 2.45) is 0 Å². The van der Waals surface area contributed by atoms with Gasteiger partial charge in [-0.05, 0) is 48.5 Å². The lowest BCUT2D eigenvalue weighted by molar-refractivity contribution is 0.0735. The molecule has 124 valence electrons. The van der Waals surface area contributed by atoms with Gasteiger partial charge in [0.1, 0.15) is 17.2 Å². The van der Waals surface area contributed by atoms with Gasteiger partial charge in [-0.1, -0.05) is 36.4 Å². The zero-order valence-corrected chi connectivity index (χ0v) is 13.1. The summed E-state index contributed by atoms with van der Waals surface area (Å²) in [5, 5.41) is 0. The number of rotatable bonds is 4. The topological polar surface area (TPSA) is 61.8 Å². The molecule has 0 saturated carbocycles. The maximum atomic E-state index is 12.0. The van der Waals surface area contributed by atoms with Gasteiger partial charge in [-0.3, -0.25) is 0 Å². The molecule has 0 unspecified atom stereocenters. The maximum absolute atomic E-state index is 12.0. The summed E-state index contributed by atoms with van der Waals surface area (Å²) in [4.78, 5) is 23.7. The molecule has 25 heavy (non-hydrogen) atoms. The van der Waals surface area contributed by atoms with E-state index in [2.05, 4.69) is 0 Å². The molecule has 0 N–H and O–H groups in total. The highest BCUT2D eigenvalue weighted by atomic mass is 16.7. The number of para-hydroxylation sites is 2. The minimum atomic E-state index is -0.856. The van der Waals surface area contributed by atoms with Gasteiger partial charge in [0, 0.05) is 0 Å². The van der Waals surface area contributed by atoms with Crippen molar-refractivity contribution >= 4 is 12.1 Å². The number of hydrogen-bond donors (Lipinski definition) is 0. The number of carbonyl (C=O) groups is 2. The minimum absolute atomic E-state index is 0.261. The normalized spacial score (nSPS) is 9.92. The van der Waals surface area contributed by atoms with Gasteiger partial charge in [0.2, 0.25) is 0 Å². The molecule has 3 aromatic rings. The lowest BCUT2D eigenvalue weighted by Gasteiger charge is -2.07. The first-order chi connectivity index (χ1) is 12.2. The third kappa shape index (κ3) is 4.68. The number of benzene rings is 3. The first-order valence-corrected chi connectivity index (χ1v) is 7.53. The van der Waals surface area contributed by atoms with Crippen LogP contribution in [0.5, 0.6) is 17.2 Å². The lowest BCUT2D eigenvalue weighted by Crippen LogP contribution is -2.14. The van der Waals surface area contributed by atoms with Crippen molar-refractivity contribution < 1.29 is 23.8 Å². The van der Waals surface area contributed by atoms with Gasteiger partial charge < -0.3 is 14.2 Å². The van der Waals surface area contributed by atoms with Crippen LogP contribution < -0.4 is 14.2 Å². The summed E-state index contributed by atoms with van der Waals surface area (Å²) in [5.74, 6) is 0.608. The number of ether oxygens (including phenoxy) is 3. The van der Waals surface area contributed by atoms with Gasteiger partial charge >= 0.3 is 12.1 Å². The Morgan fingerprint density at radius 3 is 1.48 bits per heavy atom. The van der Waals surface area contributed by atoms with E-state index < -0.39 is 12.1 Å². The van der Waals surface area contributed by atoms with Crippen LogP contribution >= 0.6 is 0 Å². The Bertz CT molecular complexity index is 842. The summed E-state index contributed by atoms with van der Waals surface area (Å²) < 4.78 is 15.3. The van der Waals surface area contributed by atoms with Gasteiger partial charge in [-0.15, -0.1) is 0 Å². The molecule has 0 aliphatic carbocycles. The van der Waals surface area contributed by atoms with E-state index >= 15 is 0 Å². The summed E-state index contributed by atoms with van der Waals surface area (Å²) in [6, 6.07) is 23.4. The van der Waals surface area contributed by atoms with Gasteiger partial charge in [0.25, 0.3) is 0 Å². The van der Waals surface area contributed by atoms with E-state index in [-0.39, 0.29) is 5.75 Å². The SMILES string of the molecule is O=C(Oc1ccccc1)Oc1ccc(C(=O)Oc2ccccc2)cc1. The Balaban J connectivity index is 1.58. The molecular weight excluding hydrogens is 320 g/mol. The fourth-order valence-electron chi connectivity index (χ4n) is 2.02. The Morgan fingerprint density at radius 2 is 0.960 bits per heavy atom. The summed E-state index contributed by atoms with van der Waals surface area (Å²) in [5.41, 5.74) is 0.340. The van der Waals surface area contributed by atoms with Crippen molar-refractivity contribution in [3.63, 3.8) is 0 Å². The predicted molar refractivity (Wildman–Crippen MR) is 90.9 cm³/mol. The average Bonchev–Trinajstić information content (AvgIpc) is 2.64. The van der Waals surface area contributed by atoms with Gasteiger partial charge in [-0.2, -0.15) is 0 Å². The largest absolute Gasteiger partial charge is 0.519 e. The molecule has 0 fully saturated rings. The number of esters is 1. The van der Waals surface area contributed by atoms with Crippen molar-refractivity contribution in [2.45, 2.75) is 0 Å². The minimum Gasteiger partial charge on any atom is -0.423 e. The highest BCUT2D eigenvalue weighted by Gasteiger charge is 2.11. The summed E-state index contributed by atoms with van der Waals surface area (Å²) in [6.45, 7) is 0. The van der Waals surface area contributed by atoms with Gasteiger partial charge in [0.15, 0.2) is 0 Å². The first-order valence-electron chi connectivity index (χ1n) is 7.53. The number of hydrogen-bond acceptors (Lipinski definition) is 5. The molecule has 0 aliphatic rings. The Kier molecular flexibility index (Phi) is 5.07. The zero-order chi connectivity index (χ0) is 17.5. The Hall–Kier alpha value is -3.60. The first kappa shape index (κ1) is 16.3. The second-order valence-electron chi connectivity index (χ2n) is 4.99. The molecule has 0 bridgehead atoms. The molecule has 0 radical (unpaired) electrons. The van der Waals surface area contributed by atoms with Crippen LogP contribution in [-0.4, -0.2) is 12.1 Å². The van der Waals surface area contributed by atoms with Gasteiger partial charge in [-0.25, -0.2) is 9.59 Å². The van der Waals surface area contributed by atoms with Crippen LogP contribution in [0.3, 0.4) is 0 Å². The highest BCUT2D eigenvalue weighted by molar-refractivity contribution is 5.91. The molecule has 0 aliphatic heterocycles. The van der Waals surface area contributed by atoms with Crippen LogP contribution in [0.4, 0.5) is 4.79 Å². The van der Waals surface area contributed by atoms with Crippen LogP contribution in [-0.2, 0) is 0 Å². The van der Waals surface area contributed by atoms with Crippen LogP contribution in [0.25, 0.3) is 0 Å². The van der Waals surface area contributed by atoms with Crippen molar-refractivity contribution in [1.82, 2.24) is 0 Å². The van der Waals surface area contributed by atoms with Crippen molar-refractivity contribution in [2.75, 3.05) is 0 Å². The fourth-order valence-corrected chi connectivity index (χ4v) is 2.02. The third-order valence-electron chi connectivity index (χ3n) is 3.19. The lowest BCUT2D eigenvalue weighted by atomic mass is 10.2. The van der Waals surface area contributed by atoms with E-state index in [1.165, 1.54) is 24.3 Å². The molecule has 3 rings (SSSR count). The molecule has 0 heterocycles. The summed E-state index contributed by atoms with van der Waals surface area (Å²) >= 11 is 0. The fraction of sp³-hybridized carbons (Fsp3) is 0. The monoisotopic (exact) mass is 334 g/mol. The molecule has 5 heteroatoms. The second-order valence-corrected chi connectivity index (χ2v) is 4.99. The van der Waals surface area contributed by atoms with Crippen LogP contribution in [0.1, 0.15) is 10.4 Å². The van der Waals surface area contributed by atoms with Crippen molar-refractivity contribution in [3.8, 4) is 17.2 Å². The molecule has 0 aromatic heterocycles. The zero-order valence-electron chi connectivity index (χ0n) is 13.1. The molecule has 0 atom stereocenters. The second kappa shape index (κ2) is 7.79. The van der Waals surface area contributed by atoms with E-state index in [1.807, 2.05) is 12.1 Å². The van der Waals surface area contributed by atoms with Gasteiger partial charge in [0.05, 0.1) is 5.56 Å². The summed E-state index contributed by atoms with van der Waals surface area (Å²) in [6.07, 6.45) is -0.856. The standard InChI is InChI=1S/C20H14O5/c21-19(23-16-7-3-1-4-8-16)15-11-13-18(14-12-15)25-20(22)24-17-9-5-2-6-10-17/h1-14H. The molecule has 0 amide bonds. The van der Waals surface area contributed by atoms with E-state index in [0.717, 1.165) is 0 Å². The smallest absolute Gasteiger partial charge is 0.423 e. The van der Waals surface area contributed by atoms with E-state index in [4.69, 9.17) is 14.2 Å². The third-order valence-corrected chi connectivity index (χ3v) is 3.19. The molecule has 5 nitrogen and oxygen atoms in total. The van der Waals surface area contributed by atoms with E-state index in [1.54, 1.807) is 48.5 Å². The molecular formula is C20H14O5. The molecule has 0 spiro atoms. The average molecular weight is 334 g/mol. The maximum Gasteiger partial charge on any atom is 0.519 e. The van der Waals surface area contributed by atoms with Crippen molar-refractivity contribution in [3.05, 3.63) is 90.5 Å². The molecule has 0 saturated heterocycles. The quantitative estimate of drug-likeness (QED) is 0.400. The van der Waals surface area contributed by atoms with E-state index in [0.29, 0.717) is 17.1 Å². The summed E-state index contributed by atoms with van der Waals surface area (Å²) in [7, 11) is 0. The van der Waals surface area contributed by atoms with Crippen LogP contribution in [0, 0.1) is 0 Å². The van der Waals surface area contributed by atoms with E-state index in [9.17, 15) is 9.59 Å². The highest BCUT2D eigenvalue weighted by Crippen LogP contribution is 2.17. The van der Waals surface area contributed by atoms with Crippen molar-refractivity contribution in [1.29, 1.82) is 0 Å². The van der Waals surface area contributed by atoms with Crippen LogP contribution in [0.2, 0.25) is 0 Å². The Labute approximate surface area is 144 Å². The Morgan fingerprint density at radius 1 is 0.520 bits per heavy atom. The molecule has 3 aromatic carbocycles. The number of carbonyl (C=O) groups excluding carboxylic acids is 2. The predicted octanol–water partition coefficient (Wildman–Crippen LogP) is 4.48. The van der Waals surface area contributed by atoms with Crippen LogP contribution in [0.15, 0.2) is 84.9 Å².